The molecule has 4 rings (SSSR count). The molecule has 4 saturated carbocycles. The molecule has 5 unspecified atom stereocenters. The number of rotatable bonds is 3. The molecule has 0 aromatic rings. The van der Waals surface area contributed by atoms with Crippen LogP contribution in [0.5, 0.6) is 0 Å². The summed E-state index contributed by atoms with van der Waals surface area (Å²) in [6.45, 7) is 10.1. The van der Waals surface area contributed by atoms with Crippen molar-refractivity contribution in [2.75, 3.05) is 0 Å². The van der Waals surface area contributed by atoms with Crippen LogP contribution in [0.2, 0.25) is 0 Å². The Kier molecular flexibility index (Phi) is 4.61. The van der Waals surface area contributed by atoms with Crippen LogP contribution in [-0.4, -0.2) is 6.29 Å². The molecule has 0 spiro atoms. The van der Waals surface area contributed by atoms with Gasteiger partial charge in [-0.1, -0.05) is 27.7 Å². The van der Waals surface area contributed by atoms with Gasteiger partial charge in [0, 0.05) is 6.42 Å². The molecule has 0 radical (unpaired) electrons. The lowest BCUT2D eigenvalue weighted by molar-refractivity contribution is -0.124. The molecule has 142 valence electrons. The Hall–Kier alpha value is -0.330. The Morgan fingerprint density at radius 2 is 1.64 bits per heavy atom. The zero-order valence-electron chi connectivity index (χ0n) is 17.1. The molecule has 4 aliphatic carbocycles. The summed E-state index contributed by atoms with van der Waals surface area (Å²) in [5.74, 6) is 6.38. The Balaban J connectivity index is 1.55. The molecular formula is C24H40O. The molecule has 1 nitrogen and oxygen atoms in total. The average molecular weight is 345 g/mol. The van der Waals surface area contributed by atoms with Crippen molar-refractivity contribution in [3.8, 4) is 0 Å². The Morgan fingerprint density at radius 1 is 0.920 bits per heavy atom. The molecular weight excluding hydrogens is 304 g/mol. The Bertz CT molecular complexity index is 510. The van der Waals surface area contributed by atoms with E-state index in [9.17, 15) is 4.79 Å². The lowest BCUT2D eigenvalue weighted by Gasteiger charge is -2.61. The van der Waals surface area contributed by atoms with Crippen LogP contribution in [0.3, 0.4) is 0 Å². The minimum Gasteiger partial charge on any atom is -0.303 e. The molecule has 4 aliphatic rings. The van der Waals surface area contributed by atoms with E-state index in [1.165, 1.54) is 64.1 Å². The first-order chi connectivity index (χ1) is 11.9. The normalized spacial score (nSPS) is 52.4. The van der Waals surface area contributed by atoms with Crippen LogP contribution in [0.15, 0.2) is 0 Å². The molecule has 0 aromatic heterocycles. The van der Waals surface area contributed by atoms with Crippen molar-refractivity contribution in [3.05, 3.63) is 0 Å². The van der Waals surface area contributed by atoms with Crippen molar-refractivity contribution < 1.29 is 4.79 Å². The van der Waals surface area contributed by atoms with Crippen molar-refractivity contribution in [1.82, 2.24) is 0 Å². The molecule has 0 amide bonds. The van der Waals surface area contributed by atoms with E-state index in [1.807, 2.05) is 0 Å². The van der Waals surface area contributed by atoms with Crippen molar-refractivity contribution in [1.29, 1.82) is 0 Å². The predicted octanol–water partition coefficient (Wildman–Crippen LogP) is 6.51. The number of carbonyl (C=O) groups excluding carboxylic acids is 1. The molecule has 0 bridgehead atoms. The highest BCUT2D eigenvalue weighted by atomic mass is 16.1. The third kappa shape index (κ3) is 2.66. The second kappa shape index (κ2) is 6.38. The summed E-state index contributed by atoms with van der Waals surface area (Å²) in [6, 6.07) is 0. The number of hydrogen-bond donors (Lipinski definition) is 0. The number of fused-ring (bicyclic) bond motifs is 5. The SMILES string of the molecule is CC(C)C1CCC2(C)C3CC[C@]4(C)C(CC=O)CCC4[C@@H]3CC[C@@H]2C1. The number of aldehydes is 1. The average Bonchev–Trinajstić information content (AvgIpc) is 2.91. The van der Waals surface area contributed by atoms with Gasteiger partial charge in [-0.3, -0.25) is 0 Å². The summed E-state index contributed by atoms with van der Waals surface area (Å²) >= 11 is 0. The maximum Gasteiger partial charge on any atom is 0.120 e. The zero-order valence-corrected chi connectivity index (χ0v) is 17.1. The third-order valence-corrected chi connectivity index (χ3v) is 10.2. The first-order valence-corrected chi connectivity index (χ1v) is 11.3. The van der Waals surface area contributed by atoms with Crippen molar-refractivity contribution >= 4 is 6.29 Å². The molecule has 0 aliphatic heterocycles. The van der Waals surface area contributed by atoms with E-state index in [1.54, 1.807) is 0 Å². The Morgan fingerprint density at radius 3 is 2.36 bits per heavy atom. The standard InChI is InChI=1S/C24H40O/c1-16(2)17-9-12-24(4)19(15-17)5-7-20-21-8-6-18(11-14-25)23(21,3)13-10-22(20)24/h14,16-22H,5-13,15H2,1-4H3/t17?,18?,19-,20+,21?,22?,23-,24?/m1/s1. The molecule has 1 heteroatoms. The molecule has 25 heavy (non-hydrogen) atoms. The van der Waals surface area contributed by atoms with Crippen molar-refractivity contribution in [3.63, 3.8) is 0 Å². The van der Waals surface area contributed by atoms with Gasteiger partial charge in [0.1, 0.15) is 6.29 Å². The fourth-order valence-electron chi connectivity index (χ4n) is 8.51. The monoisotopic (exact) mass is 344 g/mol. The van der Waals surface area contributed by atoms with Gasteiger partial charge in [0.25, 0.3) is 0 Å². The quantitative estimate of drug-likeness (QED) is 0.534. The summed E-state index contributed by atoms with van der Waals surface area (Å²) in [7, 11) is 0. The van der Waals surface area contributed by atoms with E-state index in [4.69, 9.17) is 0 Å². The lowest BCUT2D eigenvalue weighted by atomic mass is 9.44. The molecule has 4 fully saturated rings. The molecule has 0 N–H and O–H groups in total. The zero-order chi connectivity index (χ0) is 17.8. The van der Waals surface area contributed by atoms with E-state index in [0.717, 1.165) is 41.9 Å². The van der Waals surface area contributed by atoms with Gasteiger partial charge in [-0.05, 0) is 110 Å². The fourth-order valence-corrected chi connectivity index (χ4v) is 8.51. The minimum atomic E-state index is 0.473. The van der Waals surface area contributed by atoms with Crippen LogP contribution in [0.4, 0.5) is 0 Å². The highest BCUT2D eigenvalue weighted by molar-refractivity contribution is 5.50. The Labute approximate surface area is 155 Å². The van der Waals surface area contributed by atoms with Gasteiger partial charge in [-0.25, -0.2) is 0 Å². The second-order valence-corrected chi connectivity index (χ2v) is 11.2. The molecule has 0 saturated heterocycles. The van der Waals surface area contributed by atoms with Crippen LogP contribution in [0.25, 0.3) is 0 Å². The summed E-state index contributed by atoms with van der Waals surface area (Å²) in [6.07, 6.45) is 15.1. The van der Waals surface area contributed by atoms with Crippen molar-refractivity contribution in [2.24, 2.45) is 52.3 Å². The first-order valence-electron chi connectivity index (χ1n) is 11.3. The highest BCUT2D eigenvalue weighted by Crippen LogP contribution is 2.68. The third-order valence-electron chi connectivity index (χ3n) is 10.2. The van der Waals surface area contributed by atoms with Crippen LogP contribution >= 0.6 is 0 Å². The largest absolute Gasteiger partial charge is 0.303 e. The maximum atomic E-state index is 11.2. The van der Waals surface area contributed by atoms with Gasteiger partial charge in [0.05, 0.1) is 0 Å². The van der Waals surface area contributed by atoms with E-state index >= 15 is 0 Å². The lowest BCUT2D eigenvalue weighted by Crippen LogP contribution is -2.53. The highest BCUT2D eigenvalue weighted by Gasteiger charge is 2.59. The molecule has 0 heterocycles. The van der Waals surface area contributed by atoms with Crippen LogP contribution < -0.4 is 0 Å². The van der Waals surface area contributed by atoms with Crippen LogP contribution in [-0.2, 0) is 4.79 Å². The molecule has 0 aromatic carbocycles. The van der Waals surface area contributed by atoms with Crippen LogP contribution in [0.1, 0.15) is 91.9 Å². The topological polar surface area (TPSA) is 17.1 Å². The smallest absolute Gasteiger partial charge is 0.120 e. The summed E-state index contributed by atoms with van der Waals surface area (Å²) in [4.78, 5) is 11.2. The maximum absolute atomic E-state index is 11.2. The summed E-state index contributed by atoms with van der Waals surface area (Å²) in [5, 5.41) is 0. The van der Waals surface area contributed by atoms with E-state index in [2.05, 4.69) is 27.7 Å². The summed E-state index contributed by atoms with van der Waals surface area (Å²) < 4.78 is 0. The van der Waals surface area contributed by atoms with Crippen LogP contribution in [0, 0.1) is 52.3 Å². The first kappa shape index (κ1) is 18.1. The van der Waals surface area contributed by atoms with E-state index < -0.39 is 0 Å². The minimum absolute atomic E-state index is 0.473. The summed E-state index contributed by atoms with van der Waals surface area (Å²) in [5.41, 5.74) is 1.10. The van der Waals surface area contributed by atoms with E-state index in [0.29, 0.717) is 16.7 Å². The van der Waals surface area contributed by atoms with Gasteiger partial charge in [-0.2, -0.15) is 0 Å². The number of hydrogen-bond acceptors (Lipinski definition) is 1. The number of carbonyl (C=O) groups is 1. The van der Waals surface area contributed by atoms with Gasteiger partial charge in [0.2, 0.25) is 0 Å². The van der Waals surface area contributed by atoms with Crippen molar-refractivity contribution in [2.45, 2.75) is 91.9 Å². The predicted molar refractivity (Wildman–Crippen MR) is 104 cm³/mol. The van der Waals surface area contributed by atoms with Gasteiger partial charge >= 0.3 is 0 Å². The fraction of sp³-hybridized carbons (Fsp3) is 0.958. The van der Waals surface area contributed by atoms with Gasteiger partial charge in [-0.15, -0.1) is 0 Å². The molecule has 8 atom stereocenters. The van der Waals surface area contributed by atoms with E-state index in [-0.39, 0.29) is 0 Å². The van der Waals surface area contributed by atoms with Gasteiger partial charge in [0.15, 0.2) is 0 Å². The second-order valence-electron chi connectivity index (χ2n) is 11.2. The van der Waals surface area contributed by atoms with Gasteiger partial charge < -0.3 is 4.79 Å².